The average molecular weight is 165 g/mol. The Morgan fingerprint density at radius 2 is 1.92 bits per heavy atom. The average Bonchev–Trinajstić information content (AvgIpc) is 1.96. The van der Waals surface area contributed by atoms with Crippen molar-refractivity contribution in [2.45, 2.75) is 33.2 Å². The number of hydrogen-bond donors (Lipinski definition) is 1. The Kier molecular flexibility index (Phi) is 1.07. The predicted molar refractivity (Wildman–Crippen MR) is 49.5 cm³/mol. The molecule has 6 unspecified atom stereocenters. The molecule has 0 aromatic carbocycles. The van der Waals surface area contributed by atoms with Crippen molar-refractivity contribution in [3.8, 4) is 0 Å². The van der Waals surface area contributed by atoms with Crippen LogP contribution in [0.15, 0.2) is 0 Å². The van der Waals surface area contributed by atoms with E-state index in [1.165, 1.54) is 6.42 Å². The fourth-order valence-corrected chi connectivity index (χ4v) is 4.53. The second kappa shape index (κ2) is 1.75. The molecule has 0 spiro atoms. The highest BCUT2D eigenvalue weighted by Crippen LogP contribution is 2.74. The van der Waals surface area contributed by atoms with Crippen molar-refractivity contribution in [1.82, 2.24) is 0 Å². The van der Waals surface area contributed by atoms with Crippen LogP contribution in [0.3, 0.4) is 0 Å². The van der Waals surface area contributed by atoms with Gasteiger partial charge in [0.05, 0.1) is 0 Å². The van der Waals surface area contributed by atoms with Gasteiger partial charge in [0, 0.05) is 6.04 Å². The fraction of sp³-hybridized carbons (Fsp3) is 1.00. The molecule has 3 aliphatic carbocycles. The van der Waals surface area contributed by atoms with E-state index in [0.717, 1.165) is 29.6 Å². The van der Waals surface area contributed by atoms with Crippen LogP contribution in [0.1, 0.15) is 27.2 Å². The van der Waals surface area contributed by atoms with Gasteiger partial charge in [0.15, 0.2) is 0 Å². The lowest BCUT2D eigenvalue weighted by Gasteiger charge is -2.77. The molecule has 1 nitrogen and oxygen atoms in total. The van der Waals surface area contributed by atoms with E-state index >= 15 is 0 Å². The summed E-state index contributed by atoms with van der Waals surface area (Å²) in [5, 5.41) is 0. The molecule has 0 aromatic heterocycles. The summed E-state index contributed by atoms with van der Waals surface area (Å²) in [6, 6.07) is 0.548. The smallest absolute Gasteiger partial charge is 0.0101 e. The van der Waals surface area contributed by atoms with Crippen molar-refractivity contribution < 1.29 is 0 Å². The van der Waals surface area contributed by atoms with Crippen LogP contribution in [-0.2, 0) is 0 Å². The van der Waals surface area contributed by atoms with E-state index in [1.807, 2.05) is 0 Å². The van der Waals surface area contributed by atoms with Crippen LogP contribution in [0, 0.1) is 35.0 Å². The molecule has 12 heavy (non-hydrogen) atoms. The summed E-state index contributed by atoms with van der Waals surface area (Å²) < 4.78 is 0. The molecular formula is C11H19N. The lowest BCUT2D eigenvalue weighted by molar-refractivity contribution is -0.278. The van der Waals surface area contributed by atoms with Gasteiger partial charge in [0.2, 0.25) is 0 Å². The van der Waals surface area contributed by atoms with Crippen molar-refractivity contribution >= 4 is 0 Å². The molecule has 2 N–H and O–H groups in total. The highest BCUT2D eigenvalue weighted by molar-refractivity contribution is 5.21. The summed E-state index contributed by atoms with van der Waals surface area (Å²) in [4.78, 5) is 0. The van der Waals surface area contributed by atoms with E-state index in [2.05, 4.69) is 20.8 Å². The minimum atomic E-state index is 0.548. The number of nitrogens with two attached hydrogens (primary N) is 1. The fourth-order valence-electron chi connectivity index (χ4n) is 4.53. The first kappa shape index (κ1) is 7.37. The number of rotatable bonds is 0. The van der Waals surface area contributed by atoms with Crippen LogP contribution < -0.4 is 5.73 Å². The number of hydrogen-bond acceptors (Lipinski definition) is 1. The van der Waals surface area contributed by atoms with Crippen LogP contribution in [-0.4, -0.2) is 6.04 Å². The van der Waals surface area contributed by atoms with Gasteiger partial charge in [0.25, 0.3) is 0 Å². The molecule has 0 bridgehead atoms. The zero-order chi connectivity index (χ0) is 8.67. The molecule has 3 aliphatic rings. The Bertz CT molecular complexity index is 233. The van der Waals surface area contributed by atoms with E-state index in [4.69, 9.17) is 5.73 Å². The van der Waals surface area contributed by atoms with Crippen molar-refractivity contribution in [1.29, 1.82) is 0 Å². The van der Waals surface area contributed by atoms with Crippen LogP contribution in [0.25, 0.3) is 0 Å². The number of fused-ring (bicyclic) bond motifs is 4. The van der Waals surface area contributed by atoms with Gasteiger partial charge >= 0.3 is 0 Å². The van der Waals surface area contributed by atoms with Crippen LogP contribution in [0.5, 0.6) is 0 Å². The third-order valence-corrected chi connectivity index (χ3v) is 5.14. The van der Waals surface area contributed by atoms with E-state index in [0.29, 0.717) is 11.5 Å². The Balaban J connectivity index is 1.81. The maximum atomic E-state index is 6.08. The molecule has 68 valence electrons. The third-order valence-electron chi connectivity index (χ3n) is 5.14. The van der Waals surface area contributed by atoms with E-state index in [-0.39, 0.29) is 0 Å². The SMILES string of the molecule is CC1C(N)C2C3CC(C)(C)C3C12. The lowest BCUT2D eigenvalue weighted by atomic mass is 9.28. The summed E-state index contributed by atoms with van der Waals surface area (Å²) >= 11 is 0. The van der Waals surface area contributed by atoms with Crippen molar-refractivity contribution in [2.75, 3.05) is 0 Å². The molecule has 3 fully saturated rings. The van der Waals surface area contributed by atoms with Gasteiger partial charge in [-0.1, -0.05) is 20.8 Å². The molecule has 0 amide bonds. The van der Waals surface area contributed by atoms with Gasteiger partial charge in [-0.3, -0.25) is 0 Å². The highest BCUT2D eigenvalue weighted by Gasteiger charge is 2.72. The first-order valence-corrected chi connectivity index (χ1v) is 5.29. The summed E-state index contributed by atoms with van der Waals surface area (Å²) in [6.07, 6.45) is 1.44. The monoisotopic (exact) mass is 165 g/mol. The molecule has 3 rings (SSSR count). The van der Waals surface area contributed by atoms with E-state index in [1.54, 1.807) is 0 Å². The van der Waals surface area contributed by atoms with Gasteiger partial charge in [0.1, 0.15) is 0 Å². The highest BCUT2D eigenvalue weighted by atomic mass is 14.9. The Morgan fingerprint density at radius 1 is 1.25 bits per heavy atom. The minimum Gasteiger partial charge on any atom is -0.327 e. The molecule has 0 heterocycles. The quantitative estimate of drug-likeness (QED) is 0.582. The Hall–Kier alpha value is -0.0400. The summed E-state index contributed by atoms with van der Waals surface area (Å²) in [7, 11) is 0. The molecule has 6 atom stereocenters. The minimum absolute atomic E-state index is 0.548. The topological polar surface area (TPSA) is 26.0 Å². The third kappa shape index (κ3) is 0.527. The van der Waals surface area contributed by atoms with E-state index < -0.39 is 0 Å². The summed E-state index contributed by atoms with van der Waals surface area (Å²) in [5.41, 5.74) is 6.74. The Labute approximate surface area is 74.7 Å². The van der Waals surface area contributed by atoms with Gasteiger partial charge in [-0.25, -0.2) is 0 Å². The van der Waals surface area contributed by atoms with Gasteiger partial charge in [-0.05, 0) is 41.4 Å². The lowest BCUT2D eigenvalue weighted by Crippen LogP contribution is -2.77. The molecule has 0 aromatic rings. The molecule has 3 saturated carbocycles. The molecule has 0 saturated heterocycles. The van der Waals surface area contributed by atoms with Crippen LogP contribution in [0.4, 0.5) is 0 Å². The van der Waals surface area contributed by atoms with Gasteiger partial charge in [-0.2, -0.15) is 0 Å². The van der Waals surface area contributed by atoms with Crippen molar-refractivity contribution in [3.63, 3.8) is 0 Å². The predicted octanol–water partition coefficient (Wildman–Crippen LogP) is 1.87. The summed E-state index contributed by atoms with van der Waals surface area (Å²) in [6.45, 7) is 7.21. The first-order valence-electron chi connectivity index (χ1n) is 5.29. The van der Waals surface area contributed by atoms with E-state index in [9.17, 15) is 0 Å². The largest absolute Gasteiger partial charge is 0.327 e. The standard InChI is InChI=1S/C11H19N/c1-5-7-8(10(5)12)6-4-11(2,3)9(6)7/h5-10H,4,12H2,1-3H3. The maximum Gasteiger partial charge on any atom is 0.0101 e. The maximum absolute atomic E-state index is 6.08. The second-order valence-electron chi connectivity index (χ2n) is 5.97. The molecular weight excluding hydrogens is 146 g/mol. The van der Waals surface area contributed by atoms with Crippen LogP contribution >= 0.6 is 0 Å². The molecule has 1 heteroatoms. The normalized spacial score (nSPS) is 65.0. The van der Waals surface area contributed by atoms with Crippen LogP contribution in [0.2, 0.25) is 0 Å². The van der Waals surface area contributed by atoms with Gasteiger partial charge in [-0.15, -0.1) is 0 Å². The second-order valence-corrected chi connectivity index (χ2v) is 5.97. The first-order chi connectivity index (χ1) is 5.54. The molecule has 0 aliphatic heterocycles. The zero-order valence-corrected chi connectivity index (χ0v) is 8.25. The Morgan fingerprint density at radius 3 is 2.50 bits per heavy atom. The van der Waals surface area contributed by atoms with Crippen molar-refractivity contribution in [3.05, 3.63) is 0 Å². The van der Waals surface area contributed by atoms with Gasteiger partial charge < -0.3 is 5.73 Å². The molecule has 0 radical (unpaired) electrons. The van der Waals surface area contributed by atoms with Crippen molar-refractivity contribution in [2.24, 2.45) is 40.7 Å². The zero-order valence-electron chi connectivity index (χ0n) is 8.25. The summed E-state index contributed by atoms with van der Waals surface area (Å²) in [5.74, 6) is 4.82.